The quantitative estimate of drug-likeness (QED) is 0.395. The lowest BCUT2D eigenvalue weighted by Crippen LogP contribution is -2.51. The maximum atomic E-state index is 10.4. The van der Waals surface area contributed by atoms with Crippen LogP contribution in [0.2, 0.25) is 5.02 Å². The molecule has 0 radical (unpaired) electrons. The number of hydrogen-bond acceptors (Lipinski definition) is 9. The Labute approximate surface area is 225 Å². The minimum Gasteiger partial charge on any atom is -0.508 e. The summed E-state index contributed by atoms with van der Waals surface area (Å²) in [5.74, 6) is 1.38. The molecular formula is C28H30ClN7O2. The highest BCUT2D eigenvalue weighted by molar-refractivity contribution is 6.36. The molecule has 7 rings (SSSR count). The highest BCUT2D eigenvalue weighted by Crippen LogP contribution is 2.37. The fourth-order valence-electron chi connectivity index (χ4n) is 6.19. The molecule has 3 aliphatic rings. The van der Waals surface area contributed by atoms with Crippen molar-refractivity contribution in [3.05, 3.63) is 41.6 Å². The van der Waals surface area contributed by atoms with E-state index < -0.39 is 0 Å². The number of ether oxygens (including phenoxy) is 1. The number of nitrogens with zero attached hydrogens (tertiary/aromatic N) is 6. The Morgan fingerprint density at radius 1 is 1.11 bits per heavy atom. The first-order valence-corrected chi connectivity index (χ1v) is 13.7. The van der Waals surface area contributed by atoms with Crippen LogP contribution < -0.4 is 15.0 Å². The fraction of sp³-hybridized carbons (Fsp3) is 0.429. The summed E-state index contributed by atoms with van der Waals surface area (Å²) < 4.78 is 6.20. The standard InChI is InChI=1S/C28H30ClN7O2/c1-35-9-3-5-19(35)15-38-28-33-26-22(27(34-28)36-13-17-7-8-18(14-36)31-17)12-30-25(32-26)21-11-20(37)10-16-4-2-6-23(29)24(16)21/h2,4,6,10-12,17-19,31,37H,3,5,7-9,13-15H2,1H3. The number of aromatic nitrogens is 4. The Balaban J connectivity index is 1.33. The summed E-state index contributed by atoms with van der Waals surface area (Å²) in [5.41, 5.74) is 1.17. The molecule has 3 atom stereocenters. The van der Waals surface area contributed by atoms with Gasteiger partial charge in [0.25, 0.3) is 0 Å². The third-order valence-corrected chi connectivity index (χ3v) is 8.47. The summed E-state index contributed by atoms with van der Waals surface area (Å²) in [4.78, 5) is 23.9. The number of halogens is 1. The largest absolute Gasteiger partial charge is 0.508 e. The molecule has 5 heterocycles. The molecule has 2 N–H and O–H groups in total. The van der Waals surface area contributed by atoms with Crippen LogP contribution in [-0.4, -0.2) is 81.4 Å². The van der Waals surface area contributed by atoms with E-state index in [1.54, 1.807) is 18.3 Å². The first-order chi connectivity index (χ1) is 18.5. The number of likely N-dealkylation sites (N-methyl/N-ethyl adjacent to an activating group) is 1. The van der Waals surface area contributed by atoms with E-state index in [1.165, 1.54) is 19.3 Å². The SMILES string of the molecule is CN1CCCC1COc1nc(N2CC3CCC(C2)N3)c2cnc(-c3cc(O)cc4cccc(Cl)c34)nc2n1. The van der Waals surface area contributed by atoms with Crippen LogP contribution in [0, 0.1) is 0 Å². The van der Waals surface area contributed by atoms with Gasteiger partial charge in [-0.1, -0.05) is 23.7 Å². The fourth-order valence-corrected chi connectivity index (χ4v) is 6.47. The number of piperazine rings is 1. The summed E-state index contributed by atoms with van der Waals surface area (Å²) in [5, 5.41) is 17.1. The van der Waals surface area contributed by atoms with Gasteiger partial charge in [-0.25, -0.2) is 9.97 Å². The number of hydrogen-bond donors (Lipinski definition) is 2. The van der Waals surface area contributed by atoms with Gasteiger partial charge in [0, 0.05) is 53.4 Å². The van der Waals surface area contributed by atoms with Crippen LogP contribution in [0.15, 0.2) is 36.5 Å². The van der Waals surface area contributed by atoms with E-state index in [4.69, 9.17) is 36.3 Å². The average molecular weight is 532 g/mol. The first-order valence-electron chi connectivity index (χ1n) is 13.3. The van der Waals surface area contributed by atoms with Crippen molar-refractivity contribution in [1.29, 1.82) is 0 Å². The number of benzene rings is 2. The van der Waals surface area contributed by atoms with Crippen molar-refractivity contribution in [2.75, 3.05) is 38.2 Å². The van der Waals surface area contributed by atoms with Crippen LogP contribution in [-0.2, 0) is 0 Å². The second-order valence-electron chi connectivity index (χ2n) is 10.7. The zero-order valence-electron chi connectivity index (χ0n) is 21.3. The molecular weight excluding hydrogens is 502 g/mol. The second-order valence-corrected chi connectivity index (χ2v) is 11.1. The Kier molecular flexibility index (Phi) is 5.94. The maximum Gasteiger partial charge on any atom is 0.320 e. The number of phenols is 1. The summed E-state index contributed by atoms with van der Waals surface area (Å²) in [6.07, 6.45) is 6.42. The Bertz CT molecular complexity index is 1520. The lowest BCUT2D eigenvalue weighted by molar-refractivity contribution is 0.188. The molecule has 0 aliphatic carbocycles. The molecule has 0 spiro atoms. The van der Waals surface area contributed by atoms with Crippen molar-refractivity contribution < 1.29 is 9.84 Å². The van der Waals surface area contributed by atoms with Gasteiger partial charge < -0.3 is 25.0 Å². The number of nitrogens with one attached hydrogen (secondary N) is 1. The monoisotopic (exact) mass is 531 g/mol. The molecule has 196 valence electrons. The van der Waals surface area contributed by atoms with Gasteiger partial charge in [-0.3, -0.25) is 0 Å². The molecule has 0 amide bonds. The maximum absolute atomic E-state index is 10.4. The van der Waals surface area contributed by atoms with E-state index in [0.717, 1.165) is 48.0 Å². The first kappa shape index (κ1) is 23.8. The number of phenolic OH excluding ortho intramolecular Hbond substituents is 1. The number of aromatic hydroxyl groups is 1. The van der Waals surface area contributed by atoms with Gasteiger partial charge in [-0.05, 0) is 62.9 Å². The number of likely N-dealkylation sites (tertiary alicyclic amines) is 1. The van der Waals surface area contributed by atoms with Crippen LogP contribution in [0.5, 0.6) is 11.8 Å². The molecule has 3 unspecified atom stereocenters. The highest BCUT2D eigenvalue weighted by atomic mass is 35.5. The molecule has 2 bridgehead atoms. The minimum absolute atomic E-state index is 0.128. The van der Waals surface area contributed by atoms with Crippen molar-refractivity contribution in [1.82, 2.24) is 30.2 Å². The molecule has 9 nitrogen and oxygen atoms in total. The number of rotatable bonds is 5. The highest BCUT2D eigenvalue weighted by Gasteiger charge is 2.34. The van der Waals surface area contributed by atoms with Gasteiger partial charge in [0.2, 0.25) is 0 Å². The molecule has 38 heavy (non-hydrogen) atoms. The van der Waals surface area contributed by atoms with Gasteiger partial charge in [0.15, 0.2) is 11.5 Å². The number of fused-ring (bicyclic) bond motifs is 4. The zero-order valence-corrected chi connectivity index (χ0v) is 22.0. The van der Waals surface area contributed by atoms with Crippen molar-refractivity contribution in [3.8, 4) is 23.1 Å². The average Bonchev–Trinajstić information content (AvgIpc) is 3.49. The van der Waals surface area contributed by atoms with Gasteiger partial charge in [-0.2, -0.15) is 9.97 Å². The molecule has 10 heteroatoms. The second kappa shape index (κ2) is 9.48. The Morgan fingerprint density at radius 3 is 2.74 bits per heavy atom. The van der Waals surface area contributed by atoms with Crippen molar-refractivity contribution in [2.45, 2.75) is 43.8 Å². The van der Waals surface area contributed by atoms with Crippen LogP contribution in [0.4, 0.5) is 5.82 Å². The smallest absolute Gasteiger partial charge is 0.320 e. The van der Waals surface area contributed by atoms with Crippen molar-refractivity contribution in [2.24, 2.45) is 0 Å². The predicted molar refractivity (Wildman–Crippen MR) is 148 cm³/mol. The molecule has 3 aliphatic heterocycles. The van der Waals surface area contributed by atoms with Gasteiger partial charge in [0.1, 0.15) is 18.2 Å². The Morgan fingerprint density at radius 2 is 1.95 bits per heavy atom. The predicted octanol–water partition coefficient (Wildman–Crippen LogP) is 4.01. The summed E-state index contributed by atoms with van der Waals surface area (Å²) in [6, 6.07) is 10.5. The molecule has 3 fully saturated rings. The van der Waals surface area contributed by atoms with Crippen molar-refractivity contribution in [3.63, 3.8) is 0 Å². The van der Waals surface area contributed by atoms with Crippen LogP contribution in [0.1, 0.15) is 25.7 Å². The normalized spacial score (nSPS) is 23.5. The lowest BCUT2D eigenvalue weighted by Gasteiger charge is -2.34. The van der Waals surface area contributed by atoms with Gasteiger partial charge in [-0.15, -0.1) is 0 Å². The van der Waals surface area contributed by atoms with E-state index in [9.17, 15) is 5.11 Å². The third-order valence-electron chi connectivity index (χ3n) is 8.16. The van der Waals surface area contributed by atoms with E-state index in [-0.39, 0.29) is 5.75 Å². The third kappa shape index (κ3) is 4.28. The van der Waals surface area contributed by atoms with Crippen LogP contribution >= 0.6 is 11.6 Å². The van der Waals surface area contributed by atoms with E-state index in [2.05, 4.69) is 22.2 Å². The molecule has 2 aromatic carbocycles. The topological polar surface area (TPSA) is 99.5 Å². The van der Waals surface area contributed by atoms with Crippen LogP contribution in [0.25, 0.3) is 33.2 Å². The molecule has 0 saturated carbocycles. The number of anilines is 1. The van der Waals surface area contributed by atoms with Crippen LogP contribution in [0.3, 0.4) is 0 Å². The Hall–Kier alpha value is -3.27. The lowest BCUT2D eigenvalue weighted by atomic mass is 10.0. The minimum atomic E-state index is 0.128. The van der Waals surface area contributed by atoms with E-state index in [0.29, 0.717) is 52.8 Å². The molecule has 4 aromatic rings. The van der Waals surface area contributed by atoms with Gasteiger partial charge in [0.05, 0.1) is 5.39 Å². The summed E-state index contributed by atoms with van der Waals surface area (Å²) >= 11 is 6.58. The van der Waals surface area contributed by atoms with E-state index in [1.807, 2.05) is 18.2 Å². The zero-order chi connectivity index (χ0) is 25.8. The van der Waals surface area contributed by atoms with E-state index >= 15 is 0 Å². The van der Waals surface area contributed by atoms with Crippen molar-refractivity contribution >= 4 is 39.2 Å². The summed E-state index contributed by atoms with van der Waals surface area (Å²) in [6.45, 7) is 3.38. The molecule has 3 saturated heterocycles. The summed E-state index contributed by atoms with van der Waals surface area (Å²) in [7, 11) is 2.13. The molecule has 2 aromatic heterocycles. The van der Waals surface area contributed by atoms with Gasteiger partial charge >= 0.3 is 6.01 Å².